The highest BCUT2D eigenvalue weighted by Crippen LogP contribution is 2.07. The third-order valence-electron chi connectivity index (χ3n) is 3.63. The first-order valence-electron chi connectivity index (χ1n) is 6.06. The topological polar surface area (TPSA) is 49.4 Å². The van der Waals surface area contributed by atoms with Crippen molar-refractivity contribution in [3.8, 4) is 0 Å². The van der Waals surface area contributed by atoms with Crippen molar-refractivity contribution in [2.45, 2.75) is 13.8 Å². The van der Waals surface area contributed by atoms with E-state index in [9.17, 15) is 0 Å². The molecule has 4 rings (SSSR count). The molecule has 88 valence electrons. The summed E-state index contributed by atoms with van der Waals surface area (Å²) in [6.07, 6.45) is 0. The smallest absolute Gasteiger partial charge is 0.130 e. The van der Waals surface area contributed by atoms with Crippen molar-refractivity contribution in [3.63, 3.8) is 0 Å². The number of nitrogens with zero attached hydrogens (tertiary/aromatic N) is 4. The molecule has 0 spiro atoms. The monoisotopic (exact) mass is 236 g/mol. The van der Waals surface area contributed by atoms with Crippen LogP contribution >= 0.6 is 0 Å². The lowest BCUT2D eigenvalue weighted by Gasteiger charge is -2.02. The maximum atomic E-state index is 4.52. The Kier molecular flexibility index (Phi) is 1.77. The molecular weight excluding hydrogens is 224 g/mol. The second-order valence-corrected chi connectivity index (χ2v) is 4.79. The van der Waals surface area contributed by atoms with Crippen molar-refractivity contribution in [2.24, 2.45) is 20.0 Å². The quantitative estimate of drug-likeness (QED) is 0.612. The first-order valence-corrected chi connectivity index (χ1v) is 6.06. The number of hydrogen-bond acceptors (Lipinski definition) is 4. The molecule has 2 aromatic rings. The molecule has 4 nitrogen and oxygen atoms in total. The molecule has 0 aromatic heterocycles. The Morgan fingerprint density at radius 1 is 0.667 bits per heavy atom. The van der Waals surface area contributed by atoms with Gasteiger partial charge in [-0.2, -0.15) is 0 Å². The standard InChI is InChI=1S/C14H12N4/c1-7-3-9-10(13-11(7)15-5-17-13)4-8(2)12-14(9)18-6-16-12/h3-4H,5-6H2,1-2H3. The normalized spacial score (nSPS) is 15.4. The average Bonchev–Trinajstić information content (AvgIpc) is 2.98. The van der Waals surface area contributed by atoms with Crippen LogP contribution in [0, 0.1) is 13.8 Å². The van der Waals surface area contributed by atoms with Gasteiger partial charge >= 0.3 is 0 Å². The van der Waals surface area contributed by atoms with E-state index in [1.54, 1.807) is 0 Å². The number of aryl methyl sites for hydroxylation is 2. The van der Waals surface area contributed by atoms with Gasteiger partial charge in [-0.3, -0.25) is 20.0 Å². The molecule has 0 radical (unpaired) electrons. The van der Waals surface area contributed by atoms with E-state index < -0.39 is 0 Å². The molecule has 0 fully saturated rings. The fourth-order valence-corrected chi connectivity index (χ4v) is 2.82. The van der Waals surface area contributed by atoms with Gasteiger partial charge in [-0.15, -0.1) is 0 Å². The van der Waals surface area contributed by atoms with Gasteiger partial charge in [0.1, 0.15) is 13.3 Å². The summed E-state index contributed by atoms with van der Waals surface area (Å²) in [6, 6.07) is 4.34. The average molecular weight is 236 g/mol. The lowest BCUT2D eigenvalue weighted by atomic mass is 10.0. The van der Waals surface area contributed by atoms with Crippen LogP contribution in [0.2, 0.25) is 0 Å². The lowest BCUT2D eigenvalue weighted by molar-refractivity contribution is 1.05. The van der Waals surface area contributed by atoms with Crippen LogP contribution in [-0.4, -0.2) is 13.3 Å². The van der Waals surface area contributed by atoms with E-state index in [1.807, 2.05) is 0 Å². The molecule has 2 heterocycles. The molecule has 0 saturated heterocycles. The number of rotatable bonds is 0. The predicted octanol–water partition coefficient (Wildman–Crippen LogP) is -0.123. The highest BCUT2D eigenvalue weighted by molar-refractivity contribution is 5.83. The molecule has 2 aliphatic rings. The number of benzene rings is 2. The Morgan fingerprint density at radius 3 is 1.50 bits per heavy atom. The van der Waals surface area contributed by atoms with Crippen LogP contribution in [0.4, 0.5) is 0 Å². The van der Waals surface area contributed by atoms with Gasteiger partial charge in [0.05, 0.1) is 21.4 Å². The van der Waals surface area contributed by atoms with Crippen molar-refractivity contribution in [1.82, 2.24) is 0 Å². The summed E-state index contributed by atoms with van der Waals surface area (Å²) in [4.78, 5) is 17.9. The minimum absolute atomic E-state index is 0.549. The van der Waals surface area contributed by atoms with E-state index in [0.29, 0.717) is 13.3 Å². The van der Waals surface area contributed by atoms with Crippen molar-refractivity contribution < 1.29 is 0 Å². The van der Waals surface area contributed by atoms with E-state index in [4.69, 9.17) is 0 Å². The summed E-state index contributed by atoms with van der Waals surface area (Å²) < 4.78 is 0. The van der Waals surface area contributed by atoms with Gasteiger partial charge in [0, 0.05) is 10.8 Å². The predicted molar refractivity (Wildman–Crippen MR) is 67.8 cm³/mol. The Morgan fingerprint density at radius 2 is 1.06 bits per heavy atom. The Labute approximate surface area is 103 Å². The highest BCUT2D eigenvalue weighted by atomic mass is 15.0. The summed E-state index contributed by atoms with van der Waals surface area (Å²) >= 11 is 0. The maximum absolute atomic E-state index is 4.52. The molecule has 2 aromatic carbocycles. The zero-order valence-electron chi connectivity index (χ0n) is 10.4. The van der Waals surface area contributed by atoms with Gasteiger partial charge in [0.2, 0.25) is 0 Å². The summed E-state index contributed by atoms with van der Waals surface area (Å²) in [5, 5.41) is 6.45. The largest absolute Gasteiger partial charge is 0.259 e. The SMILES string of the molecule is Cc1cc2c3c(c(C)cc2c2c1=NCN=2)=NCN=3. The fraction of sp³-hybridized carbons (Fsp3) is 0.286. The van der Waals surface area contributed by atoms with Crippen LogP contribution in [0.25, 0.3) is 10.8 Å². The second-order valence-electron chi connectivity index (χ2n) is 4.79. The zero-order valence-corrected chi connectivity index (χ0v) is 10.4. The molecule has 2 aliphatic heterocycles. The third-order valence-corrected chi connectivity index (χ3v) is 3.63. The minimum Gasteiger partial charge on any atom is -0.259 e. The second kappa shape index (κ2) is 3.22. The number of fused-ring (bicyclic) bond motifs is 5. The van der Waals surface area contributed by atoms with Gasteiger partial charge in [-0.25, -0.2) is 0 Å². The van der Waals surface area contributed by atoms with E-state index in [1.165, 1.54) is 11.1 Å². The van der Waals surface area contributed by atoms with Crippen LogP contribution in [-0.2, 0) is 0 Å². The Bertz CT molecular complexity index is 860. The van der Waals surface area contributed by atoms with Gasteiger partial charge in [-0.05, 0) is 37.1 Å². The first-order chi connectivity index (χ1) is 8.75. The van der Waals surface area contributed by atoms with Gasteiger partial charge < -0.3 is 0 Å². The van der Waals surface area contributed by atoms with E-state index >= 15 is 0 Å². The molecule has 0 N–H and O–H groups in total. The van der Waals surface area contributed by atoms with Crippen LogP contribution in [0.5, 0.6) is 0 Å². The minimum atomic E-state index is 0.549. The third kappa shape index (κ3) is 1.10. The van der Waals surface area contributed by atoms with Crippen molar-refractivity contribution in [1.29, 1.82) is 0 Å². The van der Waals surface area contributed by atoms with Crippen LogP contribution in [0.3, 0.4) is 0 Å². The summed E-state index contributed by atoms with van der Waals surface area (Å²) in [6.45, 7) is 5.27. The van der Waals surface area contributed by atoms with Crippen molar-refractivity contribution >= 4 is 10.8 Å². The van der Waals surface area contributed by atoms with Crippen LogP contribution in [0.1, 0.15) is 11.1 Å². The molecule has 0 unspecified atom stereocenters. The van der Waals surface area contributed by atoms with Gasteiger partial charge in [0.25, 0.3) is 0 Å². The van der Waals surface area contributed by atoms with Gasteiger partial charge in [0.15, 0.2) is 0 Å². The van der Waals surface area contributed by atoms with Crippen molar-refractivity contribution in [2.75, 3.05) is 13.3 Å². The zero-order chi connectivity index (χ0) is 12.3. The highest BCUT2D eigenvalue weighted by Gasteiger charge is 2.11. The summed E-state index contributed by atoms with van der Waals surface area (Å²) in [5.41, 5.74) is 2.35. The lowest BCUT2D eigenvalue weighted by Crippen LogP contribution is -2.32. The molecule has 0 aliphatic carbocycles. The summed E-state index contributed by atoms with van der Waals surface area (Å²) in [5.74, 6) is 0. The molecular formula is C14H12N4. The Hall–Kier alpha value is -2.10. The summed E-state index contributed by atoms with van der Waals surface area (Å²) in [7, 11) is 0. The molecule has 0 bridgehead atoms. The first kappa shape index (κ1) is 9.88. The Balaban J connectivity index is 2.42. The molecule has 0 amide bonds. The van der Waals surface area contributed by atoms with E-state index in [2.05, 4.69) is 45.9 Å². The molecule has 0 saturated carbocycles. The maximum Gasteiger partial charge on any atom is 0.130 e. The number of hydrogen-bond donors (Lipinski definition) is 0. The molecule has 18 heavy (non-hydrogen) atoms. The van der Waals surface area contributed by atoms with Crippen molar-refractivity contribution in [3.05, 3.63) is 44.7 Å². The fourth-order valence-electron chi connectivity index (χ4n) is 2.82. The molecule has 0 atom stereocenters. The van der Waals surface area contributed by atoms with Crippen LogP contribution < -0.4 is 21.4 Å². The molecule has 4 heteroatoms. The van der Waals surface area contributed by atoms with E-state index in [0.717, 1.165) is 32.2 Å². The van der Waals surface area contributed by atoms with E-state index in [-0.39, 0.29) is 0 Å². The van der Waals surface area contributed by atoms with Crippen LogP contribution in [0.15, 0.2) is 32.1 Å². The van der Waals surface area contributed by atoms with Gasteiger partial charge in [-0.1, -0.05) is 0 Å².